The molecule has 0 aliphatic carbocycles. The molecular weight excluding hydrogens is 484 g/mol. The predicted octanol–water partition coefficient (Wildman–Crippen LogP) is 5.25. The summed E-state index contributed by atoms with van der Waals surface area (Å²) >= 11 is 3.47. The molecule has 1 atom stereocenters. The highest BCUT2D eigenvalue weighted by atomic mass is 79.9. The first-order valence-corrected chi connectivity index (χ1v) is 11.4. The van der Waals surface area contributed by atoms with Crippen LogP contribution in [-0.2, 0) is 16.1 Å². The summed E-state index contributed by atoms with van der Waals surface area (Å²) < 4.78 is 6.49. The fourth-order valence-corrected chi connectivity index (χ4v) is 4.28. The summed E-state index contributed by atoms with van der Waals surface area (Å²) in [6.07, 6.45) is 4.13. The Bertz CT molecular complexity index is 1210. The number of carbonyl (C=O) groups is 2. The fourth-order valence-electron chi connectivity index (χ4n) is 3.86. The normalized spacial score (nSPS) is 17.4. The zero-order valence-corrected chi connectivity index (χ0v) is 19.7. The minimum atomic E-state index is -0.740. The molecule has 1 aliphatic rings. The van der Waals surface area contributed by atoms with Crippen molar-refractivity contribution in [3.05, 3.63) is 99.8 Å². The zero-order chi connectivity index (χ0) is 23.4. The molecule has 1 fully saturated rings. The van der Waals surface area contributed by atoms with Crippen LogP contribution in [0.15, 0.2) is 83.1 Å². The van der Waals surface area contributed by atoms with Gasteiger partial charge >= 0.3 is 0 Å². The number of halogens is 1. The van der Waals surface area contributed by atoms with Crippen molar-refractivity contribution in [1.29, 1.82) is 0 Å². The summed E-state index contributed by atoms with van der Waals surface area (Å²) in [5.41, 5.74) is 2.03. The minimum Gasteiger partial charge on any atom is -0.507 e. The predicted molar refractivity (Wildman–Crippen MR) is 128 cm³/mol. The number of amides is 1. The van der Waals surface area contributed by atoms with Gasteiger partial charge in [-0.05, 0) is 53.9 Å². The van der Waals surface area contributed by atoms with E-state index >= 15 is 0 Å². The maximum Gasteiger partial charge on any atom is 0.295 e. The van der Waals surface area contributed by atoms with Crippen molar-refractivity contribution in [2.24, 2.45) is 0 Å². The van der Waals surface area contributed by atoms with Gasteiger partial charge in [0, 0.05) is 29.0 Å². The molecule has 7 heteroatoms. The number of ether oxygens (including phenoxy) is 1. The standard InChI is InChI=1S/C26H23BrN2O4/c1-2-13-33-21-8-4-6-19(15-21)24(30)22-23(18-5-3-7-20(27)14-18)29(26(32)25(22)31)16-17-9-11-28-12-10-17/h3-12,14-15,23,30H,2,13,16H2,1H3/b24-22+. The molecule has 1 N–H and O–H groups in total. The summed E-state index contributed by atoms with van der Waals surface area (Å²) in [7, 11) is 0. The Morgan fingerprint density at radius 1 is 1.09 bits per heavy atom. The number of pyridine rings is 1. The Morgan fingerprint density at radius 2 is 1.85 bits per heavy atom. The topological polar surface area (TPSA) is 79.7 Å². The Morgan fingerprint density at radius 3 is 2.58 bits per heavy atom. The van der Waals surface area contributed by atoms with Crippen LogP contribution in [0.2, 0.25) is 0 Å². The van der Waals surface area contributed by atoms with Crippen LogP contribution in [0, 0.1) is 0 Å². The Kier molecular flexibility index (Phi) is 6.89. The number of benzene rings is 2. The molecule has 3 aromatic rings. The number of ketones is 1. The van der Waals surface area contributed by atoms with Crippen molar-refractivity contribution < 1.29 is 19.4 Å². The molecule has 33 heavy (non-hydrogen) atoms. The third-order valence-corrected chi connectivity index (χ3v) is 5.88. The largest absolute Gasteiger partial charge is 0.507 e. The van der Waals surface area contributed by atoms with Gasteiger partial charge in [0.25, 0.3) is 11.7 Å². The number of Topliss-reactive ketones (excluding diaryl/α,β-unsaturated/α-hetero) is 1. The molecule has 1 aliphatic heterocycles. The van der Waals surface area contributed by atoms with Gasteiger partial charge in [-0.15, -0.1) is 0 Å². The maximum absolute atomic E-state index is 13.2. The number of likely N-dealkylation sites (tertiary alicyclic amines) is 1. The molecule has 2 heterocycles. The first-order chi connectivity index (χ1) is 16.0. The first-order valence-electron chi connectivity index (χ1n) is 10.7. The Hall–Kier alpha value is -3.45. The number of hydrogen-bond acceptors (Lipinski definition) is 5. The van der Waals surface area contributed by atoms with Crippen LogP contribution in [0.3, 0.4) is 0 Å². The van der Waals surface area contributed by atoms with E-state index in [1.807, 2.05) is 31.2 Å². The SMILES string of the molecule is CCCOc1cccc(/C(O)=C2\C(=O)C(=O)N(Cc3ccncc3)C2c2cccc(Br)c2)c1. The van der Waals surface area contributed by atoms with Gasteiger partial charge in [0.15, 0.2) is 0 Å². The third kappa shape index (κ3) is 4.83. The van der Waals surface area contributed by atoms with Crippen molar-refractivity contribution in [2.75, 3.05) is 6.61 Å². The van der Waals surface area contributed by atoms with Crippen LogP contribution in [0.1, 0.15) is 36.1 Å². The highest BCUT2D eigenvalue weighted by molar-refractivity contribution is 9.10. The highest BCUT2D eigenvalue weighted by Gasteiger charge is 2.46. The van der Waals surface area contributed by atoms with Crippen LogP contribution in [0.25, 0.3) is 5.76 Å². The number of aromatic nitrogens is 1. The van der Waals surface area contributed by atoms with Gasteiger partial charge < -0.3 is 14.7 Å². The Balaban J connectivity index is 1.83. The molecule has 1 amide bonds. The molecule has 1 unspecified atom stereocenters. The molecule has 168 valence electrons. The van der Waals surface area contributed by atoms with Crippen LogP contribution in [0.5, 0.6) is 5.75 Å². The molecule has 4 rings (SSSR count). The molecule has 0 radical (unpaired) electrons. The average molecular weight is 507 g/mol. The molecule has 6 nitrogen and oxygen atoms in total. The van der Waals surface area contributed by atoms with Gasteiger partial charge in [-0.2, -0.15) is 0 Å². The minimum absolute atomic E-state index is 0.0554. The van der Waals surface area contributed by atoms with Crippen molar-refractivity contribution in [3.8, 4) is 5.75 Å². The van der Waals surface area contributed by atoms with Crippen molar-refractivity contribution in [2.45, 2.75) is 25.9 Å². The van der Waals surface area contributed by atoms with Crippen LogP contribution < -0.4 is 4.74 Å². The average Bonchev–Trinajstić information content (AvgIpc) is 3.08. The van der Waals surface area contributed by atoms with E-state index in [1.54, 1.807) is 48.8 Å². The highest BCUT2D eigenvalue weighted by Crippen LogP contribution is 2.41. The lowest BCUT2D eigenvalue weighted by molar-refractivity contribution is -0.140. The molecular formula is C26H23BrN2O4. The second-order valence-electron chi connectivity index (χ2n) is 7.71. The first kappa shape index (κ1) is 22.7. The lowest BCUT2D eigenvalue weighted by Gasteiger charge is -2.25. The second-order valence-corrected chi connectivity index (χ2v) is 8.63. The zero-order valence-electron chi connectivity index (χ0n) is 18.1. The van der Waals surface area contributed by atoms with E-state index in [0.717, 1.165) is 22.0 Å². The number of aliphatic hydroxyl groups is 1. The van der Waals surface area contributed by atoms with Gasteiger partial charge in [-0.25, -0.2) is 0 Å². The lowest BCUT2D eigenvalue weighted by atomic mass is 9.95. The van der Waals surface area contributed by atoms with E-state index in [9.17, 15) is 14.7 Å². The number of hydrogen-bond donors (Lipinski definition) is 1. The summed E-state index contributed by atoms with van der Waals surface area (Å²) in [5.74, 6) is -1.01. The van der Waals surface area contributed by atoms with Gasteiger partial charge in [0.2, 0.25) is 0 Å². The Labute approximate surface area is 200 Å². The number of carbonyl (C=O) groups excluding carboxylic acids is 2. The second kappa shape index (κ2) is 10.0. The molecule has 0 spiro atoms. The van der Waals surface area contributed by atoms with E-state index in [-0.39, 0.29) is 17.9 Å². The summed E-state index contributed by atoms with van der Waals surface area (Å²) in [6, 6.07) is 17.2. The van der Waals surface area contributed by atoms with Gasteiger partial charge in [0.1, 0.15) is 11.5 Å². The van der Waals surface area contributed by atoms with Crippen molar-refractivity contribution >= 4 is 33.4 Å². The van der Waals surface area contributed by atoms with Crippen LogP contribution in [-0.4, -0.2) is 33.3 Å². The van der Waals surface area contributed by atoms with Crippen LogP contribution in [0.4, 0.5) is 0 Å². The van der Waals surface area contributed by atoms with Gasteiger partial charge in [-0.1, -0.05) is 47.1 Å². The fraction of sp³-hybridized carbons (Fsp3) is 0.192. The van der Waals surface area contributed by atoms with E-state index in [2.05, 4.69) is 20.9 Å². The van der Waals surface area contributed by atoms with E-state index in [0.29, 0.717) is 17.9 Å². The number of nitrogens with zero attached hydrogens (tertiary/aromatic N) is 2. The summed E-state index contributed by atoms with van der Waals surface area (Å²) in [6.45, 7) is 2.76. The maximum atomic E-state index is 13.2. The van der Waals surface area contributed by atoms with E-state index in [1.165, 1.54) is 4.90 Å². The van der Waals surface area contributed by atoms with Crippen molar-refractivity contribution in [1.82, 2.24) is 9.88 Å². The van der Waals surface area contributed by atoms with Crippen molar-refractivity contribution in [3.63, 3.8) is 0 Å². The summed E-state index contributed by atoms with van der Waals surface area (Å²) in [5, 5.41) is 11.2. The summed E-state index contributed by atoms with van der Waals surface area (Å²) in [4.78, 5) is 31.8. The molecule has 1 saturated heterocycles. The van der Waals surface area contributed by atoms with Gasteiger partial charge in [0.05, 0.1) is 18.2 Å². The quantitative estimate of drug-likeness (QED) is 0.268. The van der Waals surface area contributed by atoms with E-state index < -0.39 is 17.7 Å². The smallest absolute Gasteiger partial charge is 0.295 e. The number of rotatable bonds is 7. The van der Waals surface area contributed by atoms with E-state index in [4.69, 9.17) is 4.74 Å². The molecule has 0 saturated carbocycles. The lowest BCUT2D eigenvalue weighted by Crippen LogP contribution is -2.29. The monoisotopic (exact) mass is 506 g/mol. The molecule has 1 aromatic heterocycles. The third-order valence-electron chi connectivity index (χ3n) is 5.39. The van der Waals surface area contributed by atoms with Crippen LogP contribution >= 0.6 is 15.9 Å². The number of aliphatic hydroxyl groups excluding tert-OH is 1. The molecule has 0 bridgehead atoms. The van der Waals surface area contributed by atoms with Gasteiger partial charge in [-0.3, -0.25) is 14.6 Å². The molecule has 2 aromatic carbocycles.